The Morgan fingerprint density at radius 2 is 2.28 bits per heavy atom. The highest BCUT2D eigenvalue weighted by Crippen LogP contribution is 2.17. The molecule has 2 atom stereocenters. The summed E-state index contributed by atoms with van der Waals surface area (Å²) in [6, 6.07) is -1.01. The third-order valence-corrected chi connectivity index (χ3v) is 5.07. The fraction of sp³-hybridized carbons (Fsp3) is 0.462. The first kappa shape index (κ1) is 19.0. The average molecular weight is 387 g/mol. The van der Waals surface area contributed by atoms with Crippen LogP contribution in [0.4, 0.5) is 5.13 Å². The number of methoxy groups -OCH3 is 1. The van der Waals surface area contributed by atoms with E-state index >= 15 is 0 Å². The molecule has 1 saturated heterocycles. The van der Waals surface area contributed by atoms with Gasteiger partial charge in [-0.15, -0.1) is 11.8 Å². The molecule has 0 saturated carbocycles. The summed E-state index contributed by atoms with van der Waals surface area (Å²) in [5.74, 6) is -0.615. The van der Waals surface area contributed by atoms with Gasteiger partial charge in [0.05, 0.1) is 23.8 Å². The molecule has 1 fully saturated rings. The number of β-lactam (4-membered cyclic amide) rings is 1. The average Bonchev–Trinajstić information content (AvgIpc) is 3.02. The second-order valence-electron chi connectivity index (χ2n) is 4.84. The van der Waals surface area contributed by atoms with Crippen molar-refractivity contribution in [1.82, 2.24) is 15.6 Å². The molecule has 2 rings (SSSR count). The highest BCUT2D eigenvalue weighted by atomic mass is 32.2. The smallest absolute Gasteiger partial charge is 0.315 e. The van der Waals surface area contributed by atoms with Crippen LogP contribution in [0.25, 0.3) is 0 Å². The first-order valence-electron chi connectivity index (χ1n) is 7.05. The quantitative estimate of drug-likeness (QED) is 0.222. The number of nitrogens with two attached hydrogens (primary N) is 1. The minimum atomic E-state index is -0.718. The third-order valence-electron chi connectivity index (χ3n) is 3.20. The number of esters is 1. The van der Waals surface area contributed by atoms with Gasteiger partial charge in [0.15, 0.2) is 10.8 Å². The fourth-order valence-corrected chi connectivity index (χ4v) is 3.57. The summed E-state index contributed by atoms with van der Waals surface area (Å²) < 4.78 is 4.54. The van der Waals surface area contributed by atoms with Gasteiger partial charge in [-0.2, -0.15) is 0 Å². The van der Waals surface area contributed by atoms with Crippen LogP contribution in [0.1, 0.15) is 4.88 Å². The second-order valence-corrected chi connectivity index (χ2v) is 6.94. The molecule has 0 bridgehead atoms. The highest BCUT2D eigenvalue weighted by Gasteiger charge is 2.41. The van der Waals surface area contributed by atoms with Gasteiger partial charge in [-0.1, -0.05) is 16.5 Å². The van der Waals surface area contributed by atoms with E-state index in [1.807, 2.05) is 0 Å². The van der Waals surface area contributed by atoms with Crippen LogP contribution in [0.15, 0.2) is 11.4 Å². The van der Waals surface area contributed by atoms with Gasteiger partial charge in [-0.3, -0.25) is 14.4 Å². The number of thioether (sulfide) groups is 1. The van der Waals surface area contributed by atoms with Gasteiger partial charge in [0.2, 0.25) is 5.91 Å². The van der Waals surface area contributed by atoms with Crippen LogP contribution in [0.2, 0.25) is 0 Å². The molecule has 4 N–H and O–H groups in total. The van der Waals surface area contributed by atoms with Crippen molar-refractivity contribution in [2.24, 2.45) is 5.16 Å². The lowest BCUT2D eigenvalue weighted by Gasteiger charge is -2.36. The lowest BCUT2D eigenvalue weighted by molar-refractivity contribution is -0.137. The van der Waals surface area contributed by atoms with E-state index in [9.17, 15) is 14.4 Å². The van der Waals surface area contributed by atoms with Gasteiger partial charge < -0.3 is 25.9 Å². The molecule has 0 spiro atoms. The maximum atomic E-state index is 12.4. The molecule has 0 unspecified atom stereocenters. The Labute approximate surface area is 151 Å². The van der Waals surface area contributed by atoms with E-state index in [1.54, 1.807) is 0 Å². The summed E-state index contributed by atoms with van der Waals surface area (Å²) >= 11 is 2.38. The molecule has 1 aliphatic heterocycles. The summed E-state index contributed by atoms with van der Waals surface area (Å²) in [5, 5.41) is 9.25. The number of ether oxygens (including phenoxy) is 1. The van der Waals surface area contributed by atoms with Gasteiger partial charge >= 0.3 is 5.97 Å². The largest absolute Gasteiger partial charge is 0.468 e. The normalized spacial score (nSPS) is 19.6. The first-order valence-corrected chi connectivity index (χ1v) is 9.02. The molecule has 0 radical (unpaired) electrons. The number of oxime groups is 1. The lowest BCUT2D eigenvalue weighted by Crippen LogP contribution is -2.70. The standard InChI is InChI=1S/C13H17N5O5S2/c1-22-8(19)5-24-4-6-9(11(20)16-6)17-12(21)10(18-23-2)7-3-15-13(14)25-7/h3,6,9H,4-5H2,1-2H3,(H2,14,15)(H,16,20)(H,17,21)/b18-10-/t6-,9-/m0/s1. The van der Waals surface area contributed by atoms with Crippen LogP contribution in [-0.4, -0.2) is 66.3 Å². The van der Waals surface area contributed by atoms with E-state index in [-0.39, 0.29) is 34.5 Å². The number of anilines is 1. The Morgan fingerprint density at radius 1 is 1.52 bits per heavy atom. The number of nitrogens with zero attached hydrogens (tertiary/aromatic N) is 2. The molecule has 1 aromatic rings. The zero-order valence-corrected chi connectivity index (χ0v) is 15.1. The van der Waals surface area contributed by atoms with E-state index in [0.29, 0.717) is 10.6 Å². The number of nitrogen functional groups attached to an aromatic ring is 1. The van der Waals surface area contributed by atoms with Crippen molar-refractivity contribution < 1.29 is 24.0 Å². The molecule has 0 aromatic carbocycles. The van der Waals surface area contributed by atoms with Crippen LogP contribution in [0.5, 0.6) is 0 Å². The predicted molar refractivity (Wildman–Crippen MR) is 93.3 cm³/mol. The van der Waals surface area contributed by atoms with Crippen molar-refractivity contribution in [1.29, 1.82) is 0 Å². The van der Waals surface area contributed by atoms with Crippen LogP contribution >= 0.6 is 23.1 Å². The number of nitrogens with one attached hydrogen (secondary N) is 2. The number of amides is 2. The Kier molecular flexibility index (Phi) is 6.58. The second kappa shape index (κ2) is 8.67. The van der Waals surface area contributed by atoms with Gasteiger partial charge in [-0.05, 0) is 0 Å². The number of aromatic nitrogens is 1. The molecule has 2 amide bonds. The van der Waals surface area contributed by atoms with E-state index in [0.717, 1.165) is 11.3 Å². The Balaban J connectivity index is 1.96. The maximum Gasteiger partial charge on any atom is 0.315 e. The van der Waals surface area contributed by atoms with Crippen LogP contribution in [-0.2, 0) is 24.0 Å². The number of rotatable bonds is 8. The van der Waals surface area contributed by atoms with Gasteiger partial charge in [0.25, 0.3) is 5.91 Å². The van der Waals surface area contributed by atoms with Gasteiger partial charge in [0, 0.05) is 11.9 Å². The van der Waals surface area contributed by atoms with Crippen molar-refractivity contribution in [3.63, 3.8) is 0 Å². The molecule has 25 heavy (non-hydrogen) atoms. The van der Waals surface area contributed by atoms with Crippen molar-refractivity contribution >= 4 is 51.7 Å². The molecule has 10 nitrogen and oxygen atoms in total. The van der Waals surface area contributed by atoms with E-state index < -0.39 is 11.9 Å². The lowest BCUT2D eigenvalue weighted by atomic mass is 10.0. The number of carbonyl (C=O) groups excluding carboxylic acids is 3. The first-order chi connectivity index (χ1) is 12.0. The molecular formula is C13H17N5O5S2. The summed E-state index contributed by atoms with van der Waals surface area (Å²) in [4.78, 5) is 44.2. The minimum absolute atomic E-state index is 0.0163. The molecule has 136 valence electrons. The number of thiazole rings is 1. The number of hydrogen-bond acceptors (Lipinski definition) is 10. The summed E-state index contributed by atoms with van der Waals surface area (Å²) in [7, 11) is 2.61. The Hall–Kier alpha value is -2.34. The minimum Gasteiger partial charge on any atom is -0.468 e. The van der Waals surface area contributed by atoms with E-state index in [2.05, 4.69) is 30.3 Å². The highest BCUT2D eigenvalue weighted by molar-refractivity contribution is 7.99. The van der Waals surface area contributed by atoms with Gasteiger partial charge in [-0.25, -0.2) is 4.98 Å². The molecule has 1 aromatic heterocycles. The summed E-state index contributed by atoms with van der Waals surface area (Å²) in [5.41, 5.74) is 5.55. The topological polar surface area (TPSA) is 145 Å². The molecule has 2 heterocycles. The predicted octanol–water partition coefficient (Wildman–Crippen LogP) is -1.03. The molecule has 0 aliphatic carbocycles. The summed E-state index contributed by atoms with van der Waals surface area (Å²) in [6.45, 7) is 0. The van der Waals surface area contributed by atoms with Crippen molar-refractivity contribution in [3.8, 4) is 0 Å². The zero-order chi connectivity index (χ0) is 18.4. The van der Waals surface area contributed by atoms with Gasteiger partial charge in [0.1, 0.15) is 13.2 Å². The maximum absolute atomic E-state index is 12.4. The molecular weight excluding hydrogens is 370 g/mol. The monoisotopic (exact) mass is 387 g/mol. The number of hydrogen-bond donors (Lipinski definition) is 3. The van der Waals surface area contributed by atoms with Crippen LogP contribution in [0, 0.1) is 0 Å². The molecule has 12 heteroatoms. The van der Waals surface area contributed by atoms with Crippen LogP contribution in [0.3, 0.4) is 0 Å². The zero-order valence-electron chi connectivity index (χ0n) is 13.5. The summed E-state index contributed by atoms with van der Waals surface area (Å²) in [6.07, 6.45) is 1.40. The van der Waals surface area contributed by atoms with Crippen LogP contribution < -0.4 is 16.4 Å². The Morgan fingerprint density at radius 3 is 2.84 bits per heavy atom. The van der Waals surface area contributed by atoms with Crippen molar-refractivity contribution in [3.05, 3.63) is 11.1 Å². The third kappa shape index (κ3) is 4.82. The Bertz CT molecular complexity index is 692. The SMILES string of the molecule is CO/N=C(\C(=O)N[C@@H]1C(=O)N[C@H]1CSCC(=O)OC)c1cnc(N)s1. The van der Waals surface area contributed by atoms with Crippen molar-refractivity contribution in [2.75, 3.05) is 31.5 Å². The number of carbonyl (C=O) groups is 3. The van der Waals surface area contributed by atoms with Crippen molar-refractivity contribution in [2.45, 2.75) is 12.1 Å². The van der Waals surface area contributed by atoms with E-state index in [1.165, 1.54) is 32.2 Å². The fourth-order valence-electron chi connectivity index (χ4n) is 1.97. The molecule has 1 aliphatic rings. The van der Waals surface area contributed by atoms with E-state index in [4.69, 9.17) is 5.73 Å².